The predicted octanol–water partition coefficient (Wildman–Crippen LogP) is 2.67. The lowest BCUT2D eigenvalue weighted by Gasteiger charge is -2.25. The maximum absolute atomic E-state index is 5.19. The van der Waals surface area contributed by atoms with Gasteiger partial charge in [-0.1, -0.05) is 19.9 Å². The monoisotopic (exact) mass is 280 g/mol. The van der Waals surface area contributed by atoms with Crippen LogP contribution in [-0.4, -0.2) is 38.4 Å². The van der Waals surface area contributed by atoms with Gasteiger partial charge < -0.3 is 14.8 Å². The van der Waals surface area contributed by atoms with Crippen LogP contribution in [0.1, 0.15) is 32.3 Å². The number of ether oxygens (including phenoxy) is 2. The third-order valence-electron chi connectivity index (χ3n) is 3.58. The van der Waals surface area contributed by atoms with Crippen LogP contribution in [0.3, 0.4) is 0 Å². The molecule has 0 aromatic carbocycles. The summed E-state index contributed by atoms with van der Waals surface area (Å²) in [6.45, 7) is 6.33. The Morgan fingerprint density at radius 1 is 1.30 bits per heavy atom. The van der Waals surface area contributed by atoms with Crippen molar-refractivity contribution in [3.8, 4) is 5.88 Å². The Hall–Kier alpha value is -1.13. The Bertz CT molecular complexity index is 354. The maximum Gasteiger partial charge on any atom is 0.212 e. The van der Waals surface area contributed by atoms with E-state index in [0.29, 0.717) is 17.8 Å². The summed E-state index contributed by atoms with van der Waals surface area (Å²) in [7, 11) is 3.40. The molecule has 0 fully saturated rings. The number of methoxy groups -OCH3 is 2. The molecule has 0 aliphatic carbocycles. The molecule has 0 bridgehead atoms. The molecule has 1 aromatic heterocycles. The van der Waals surface area contributed by atoms with Crippen LogP contribution >= 0.6 is 0 Å². The van der Waals surface area contributed by atoms with Crippen molar-refractivity contribution in [1.82, 2.24) is 10.3 Å². The molecular formula is C16H28N2O2. The van der Waals surface area contributed by atoms with Gasteiger partial charge in [-0.3, -0.25) is 0 Å². The van der Waals surface area contributed by atoms with E-state index < -0.39 is 0 Å². The van der Waals surface area contributed by atoms with E-state index in [0.717, 1.165) is 32.4 Å². The molecule has 114 valence electrons. The van der Waals surface area contributed by atoms with Crippen molar-refractivity contribution >= 4 is 0 Å². The molecule has 0 saturated heterocycles. The summed E-state index contributed by atoms with van der Waals surface area (Å²) in [5.41, 5.74) is 1.24. The van der Waals surface area contributed by atoms with E-state index in [1.54, 1.807) is 14.2 Å². The average Bonchev–Trinajstić information content (AvgIpc) is 2.49. The maximum atomic E-state index is 5.19. The minimum absolute atomic E-state index is 0.459. The summed E-state index contributed by atoms with van der Waals surface area (Å²) in [6.07, 6.45) is 5.11. The van der Waals surface area contributed by atoms with Gasteiger partial charge in [-0.2, -0.15) is 0 Å². The van der Waals surface area contributed by atoms with Crippen LogP contribution in [0.2, 0.25) is 0 Å². The number of hydrogen-bond acceptors (Lipinski definition) is 4. The van der Waals surface area contributed by atoms with Crippen LogP contribution in [0, 0.1) is 5.92 Å². The van der Waals surface area contributed by atoms with Crippen LogP contribution in [0.25, 0.3) is 0 Å². The third kappa shape index (κ3) is 5.88. The largest absolute Gasteiger partial charge is 0.481 e. The lowest BCUT2D eigenvalue weighted by Crippen LogP contribution is -2.38. The molecule has 0 spiro atoms. The van der Waals surface area contributed by atoms with E-state index >= 15 is 0 Å². The topological polar surface area (TPSA) is 43.4 Å². The summed E-state index contributed by atoms with van der Waals surface area (Å²) >= 11 is 0. The Balaban J connectivity index is 2.61. The second-order valence-electron chi connectivity index (χ2n) is 5.23. The standard InChI is InChI=1S/C16H28N2O2/c1-5-9-17-15(13(2)8-10-19-3)11-14-6-7-16(20-4)18-12-14/h6-7,12-13,15,17H,5,8-11H2,1-4H3. The molecule has 1 aromatic rings. The Kier molecular flexibility index (Phi) is 8.23. The van der Waals surface area contributed by atoms with Gasteiger partial charge >= 0.3 is 0 Å². The van der Waals surface area contributed by atoms with Gasteiger partial charge in [0.1, 0.15) is 0 Å². The van der Waals surface area contributed by atoms with Gasteiger partial charge in [0.15, 0.2) is 0 Å². The molecule has 4 nitrogen and oxygen atoms in total. The second-order valence-corrected chi connectivity index (χ2v) is 5.23. The lowest BCUT2D eigenvalue weighted by atomic mass is 9.93. The first-order valence-corrected chi connectivity index (χ1v) is 7.42. The Morgan fingerprint density at radius 3 is 2.65 bits per heavy atom. The molecule has 1 rings (SSSR count). The number of aromatic nitrogens is 1. The van der Waals surface area contributed by atoms with Gasteiger partial charge in [0.2, 0.25) is 5.88 Å². The summed E-state index contributed by atoms with van der Waals surface area (Å²) in [5.74, 6) is 1.24. The molecule has 0 radical (unpaired) electrons. The molecule has 1 N–H and O–H groups in total. The zero-order valence-corrected chi connectivity index (χ0v) is 13.2. The van der Waals surface area contributed by atoms with Crippen LogP contribution < -0.4 is 10.1 Å². The summed E-state index contributed by atoms with van der Waals surface area (Å²) < 4.78 is 10.3. The van der Waals surface area contributed by atoms with Gasteiger partial charge in [-0.15, -0.1) is 0 Å². The van der Waals surface area contributed by atoms with Gasteiger partial charge in [0.05, 0.1) is 7.11 Å². The van der Waals surface area contributed by atoms with Crippen LogP contribution in [-0.2, 0) is 11.2 Å². The first kappa shape index (κ1) is 16.9. The van der Waals surface area contributed by atoms with Gasteiger partial charge in [-0.25, -0.2) is 4.98 Å². The van der Waals surface area contributed by atoms with E-state index in [1.807, 2.05) is 12.3 Å². The normalized spacial score (nSPS) is 14.0. The minimum Gasteiger partial charge on any atom is -0.481 e. The molecule has 1 heterocycles. The number of nitrogens with one attached hydrogen (secondary N) is 1. The van der Waals surface area contributed by atoms with E-state index in [1.165, 1.54) is 5.56 Å². The molecular weight excluding hydrogens is 252 g/mol. The van der Waals surface area contributed by atoms with Crippen LogP contribution in [0.4, 0.5) is 0 Å². The molecule has 0 amide bonds. The third-order valence-corrected chi connectivity index (χ3v) is 3.58. The molecule has 2 atom stereocenters. The highest BCUT2D eigenvalue weighted by atomic mass is 16.5. The van der Waals surface area contributed by atoms with Gasteiger partial charge in [0.25, 0.3) is 0 Å². The average molecular weight is 280 g/mol. The van der Waals surface area contributed by atoms with Crippen molar-refractivity contribution in [3.05, 3.63) is 23.9 Å². The molecule has 0 saturated carbocycles. The quantitative estimate of drug-likeness (QED) is 0.715. The Labute approximate surface area is 122 Å². The summed E-state index contributed by atoms with van der Waals surface area (Å²) in [5, 5.41) is 3.64. The highest BCUT2D eigenvalue weighted by Gasteiger charge is 2.17. The van der Waals surface area contributed by atoms with E-state index in [9.17, 15) is 0 Å². The zero-order valence-electron chi connectivity index (χ0n) is 13.2. The summed E-state index contributed by atoms with van der Waals surface area (Å²) in [4.78, 5) is 4.28. The number of nitrogens with zero attached hydrogens (tertiary/aromatic N) is 1. The number of hydrogen-bond donors (Lipinski definition) is 1. The predicted molar refractivity (Wildman–Crippen MR) is 82.2 cm³/mol. The number of rotatable bonds is 10. The van der Waals surface area contributed by atoms with Crippen molar-refractivity contribution in [2.24, 2.45) is 5.92 Å². The van der Waals surface area contributed by atoms with Crippen LogP contribution in [0.15, 0.2) is 18.3 Å². The lowest BCUT2D eigenvalue weighted by molar-refractivity contribution is 0.170. The number of pyridine rings is 1. The van der Waals surface area contributed by atoms with E-state index in [-0.39, 0.29) is 0 Å². The first-order chi connectivity index (χ1) is 9.71. The summed E-state index contributed by atoms with van der Waals surface area (Å²) in [6, 6.07) is 4.47. The van der Waals surface area contributed by atoms with E-state index in [4.69, 9.17) is 9.47 Å². The first-order valence-electron chi connectivity index (χ1n) is 7.42. The zero-order chi connectivity index (χ0) is 14.8. The molecule has 4 heteroatoms. The molecule has 0 aliphatic heterocycles. The molecule has 20 heavy (non-hydrogen) atoms. The van der Waals surface area contributed by atoms with Crippen molar-refractivity contribution < 1.29 is 9.47 Å². The Morgan fingerprint density at radius 2 is 2.10 bits per heavy atom. The van der Waals surface area contributed by atoms with Gasteiger partial charge in [-0.05, 0) is 37.3 Å². The van der Waals surface area contributed by atoms with Crippen LogP contribution in [0.5, 0.6) is 5.88 Å². The van der Waals surface area contributed by atoms with E-state index in [2.05, 4.69) is 30.2 Å². The fourth-order valence-corrected chi connectivity index (χ4v) is 2.22. The van der Waals surface area contributed by atoms with Crippen molar-refractivity contribution in [1.29, 1.82) is 0 Å². The van der Waals surface area contributed by atoms with Crippen molar-refractivity contribution in [2.45, 2.75) is 39.2 Å². The smallest absolute Gasteiger partial charge is 0.212 e. The van der Waals surface area contributed by atoms with Crippen molar-refractivity contribution in [3.63, 3.8) is 0 Å². The van der Waals surface area contributed by atoms with Crippen molar-refractivity contribution in [2.75, 3.05) is 27.4 Å². The fraction of sp³-hybridized carbons (Fsp3) is 0.688. The fourth-order valence-electron chi connectivity index (χ4n) is 2.22. The molecule has 0 aliphatic rings. The molecule has 2 unspecified atom stereocenters. The minimum atomic E-state index is 0.459. The highest BCUT2D eigenvalue weighted by molar-refractivity contribution is 5.18. The highest BCUT2D eigenvalue weighted by Crippen LogP contribution is 2.15. The SMILES string of the molecule is CCCNC(Cc1ccc(OC)nc1)C(C)CCOC. The second kappa shape index (κ2) is 9.72. The van der Waals surface area contributed by atoms with Gasteiger partial charge in [0, 0.05) is 32.0 Å².